The van der Waals surface area contributed by atoms with Crippen molar-refractivity contribution in [3.05, 3.63) is 54.4 Å². The second kappa shape index (κ2) is 5.51. The molecule has 0 aliphatic heterocycles. The van der Waals surface area contributed by atoms with Gasteiger partial charge >= 0.3 is 5.97 Å². The zero-order valence-electron chi connectivity index (χ0n) is 10.2. The van der Waals surface area contributed by atoms with Gasteiger partial charge in [-0.1, -0.05) is 12.1 Å². The Kier molecular flexibility index (Phi) is 3.79. The molecule has 1 aromatic heterocycles. The molecule has 0 saturated heterocycles. The summed E-state index contributed by atoms with van der Waals surface area (Å²) < 4.78 is 6.62. The van der Waals surface area contributed by atoms with Crippen LogP contribution in [0.1, 0.15) is 5.56 Å². The number of aromatic nitrogens is 1. The van der Waals surface area contributed by atoms with Crippen LogP contribution in [0.25, 0.3) is 5.69 Å². The van der Waals surface area contributed by atoms with Gasteiger partial charge in [-0.15, -0.1) is 0 Å². The number of rotatable bonds is 4. The summed E-state index contributed by atoms with van der Waals surface area (Å²) in [7, 11) is 1.34. The molecule has 0 bridgehead atoms. The average Bonchev–Trinajstić information content (AvgIpc) is 2.92. The quantitative estimate of drug-likeness (QED) is 0.830. The smallest absolute Gasteiger partial charge is 0.322 e. The first-order valence-corrected chi connectivity index (χ1v) is 5.76. The minimum absolute atomic E-state index is 0.385. The lowest BCUT2D eigenvalue weighted by molar-refractivity contribution is -0.142. The van der Waals surface area contributed by atoms with Gasteiger partial charge in [0.25, 0.3) is 0 Å². The summed E-state index contributed by atoms with van der Waals surface area (Å²) in [6.07, 6.45) is 4.45. The molecule has 18 heavy (non-hydrogen) atoms. The molecule has 0 radical (unpaired) electrons. The summed E-state index contributed by atoms with van der Waals surface area (Å²) in [5, 5.41) is 0. The lowest BCUT2D eigenvalue weighted by Gasteiger charge is -2.10. The van der Waals surface area contributed by atoms with Crippen molar-refractivity contribution in [3.8, 4) is 5.69 Å². The average molecular weight is 244 g/mol. The Morgan fingerprint density at radius 1 is 1.28 bits per heavy atom. The van der Waals surface area contributed by atoms with Crippen molar-refractivity contribution in [2.45, 2.75) is 12.5 Å². The highest BCUT2D eigenvalue weighted by Crippen LogP contribution is 2.11. The predicted octanol–water partition coefficient (Wildman–Crippen LogP) is 1.52. The summed E-state index contributed by atoms with van der Waals surface area (Å²) in [5.41, 5.74) is 7.81. The zero-order chi connectivity index (χ0) is 13.0. The van der Waals surface area contributed by atoms with Gasteiger partial charge < -0.3 is 15.0 Å². The molecule has 2 rings (SSSR count). The van der Waals surface area contributed by atoms with Crippen LogP contribution < -0.4 is 5.73 Å². The van der Waals surface area contributed by atoms with E-state index in [2.05, 4.69) is 4.74 Å². The molecule has 4 heteroatoms. The SMILES string of the molecule is COC(=O)C(N)Cc1ccc(-n2cccc2)cc1. The van der Waals surface area contributed by atoms with E-state index in [4.69, 9.17) is 5.73 Å². The number of benzene rings is 1. The number of nitrogens with zero attached hydrogens (tertiary/aromatic N) is 1. The first kappa shape index (κ1) is 12.4. The maximum absolute atomic E-state index is 11.2. The van der Waals surface area contributed by atoms with E-state index in [1.54, 1.807) is 0 Å². The van der Waals surface area contributed by atoms with Crippen molar-refractivity contribution in [2.75, 3.05) is 7.11 Å². The van der Waals surface area contributed by atoms with Crippen molar-refractivity contribution in [1.82, 2.24) is 4.57 Å². The van der Waals surface area contributed by atoms with Gasteiger partial charge in [0.2, 0.25) is 0 Å². The first-order chi connectivity index (χ1) is 8.70. The lowest BCUT2D eigenvalue weighted by atomic mass is 10.1. The van der Waals surface area contributed by atoms with Crippen LogP contribution in [0.4, 0.5) is 0 Å². The Morgan fingerprint density at radius 2 is 1.89 bits per heavy atom. The topological polar surface area (TPSA) is 57.2 Å². The third kappa shape index (κ3) is 2.78. The number of carbonyl (C=O) groups excluding carboxylic acids is 1. The van der Waals surface area contributed by atoms with Crippen LogP contribution in [0.5, 0.6) is 0 Å². The van der Waals surface area contributed by atoms with E-state index in [0.29, 0.717) is 6.42 Å². The lowest BCUT2D eigenvalue weighted by Crippen LogP contribution is -2.33. The fourth-order valence-electron chi connectivity index (χ4n) is 1.80. The van der Waals surface area contributed by atoms with Crippen molar-refractivity contribution in [2.24, 2.45) is 5.73 Å². The number of hydrogen-bond donors (Lipinski definition) is 1. The predicted molar refractivity (Wildman–Crippen MR) is 69.5 cm³/mol. The Morgan fingerprint density at radius 3 is 2.44 bits per heavy atom. The van der Waals surface area contributed by atoms with E-state index < -0.39 is 6.04 Å². The molecule has 1 aromatic carbocycles. The molecule has 4 nitrogen and oxygen atoms in total. The van der Waals surface area contributed by atoms with Crippen LogP contribution >= 0.6 is 0 Å². The summed E-state index contributed by atoms with van der Waals surface area (Å²) in [5.74, 6) is -0.385. The van der Waals surface area contributed by atoms with Crippen molar-refractivity contribution in [3.63, 3.8) is 0 Å². The van der Waals surface area contributed by atoms with Crippen molar-refractivity contribution < 1.29 is 9.53 Å². The molecule has 0 amide bonds. The van der Waals surface area contributed by atoms with Crippen LogP contribution in [0.15, 0.2) is 48.8 Å². The Hall–Kier alpha value is -2.07. The van der Waals surface area contributed by atoms with Gasteiger partial charge in [0.05, 0.1) is 7.11 Å². The minimum Gasteiger partial charge on any atom is -0.468 e. The molecular formula is C14H16N2O2. The second-order valence-corrected chi connectivity index (χ2v) is 4.09. The molecule has 1 atom stereocenters. The first-order valence-electron chi connectivity index (χ1n) is 5.76. The largest absolute Gasteiger partial charge is 0.468 e. The highest BCUT2D eigenvalue weighted by molar-refractivity contribution is 5.75. The maximum Gasteiger partial charge on any atom is 0.322 e. The van der Waals surface area contributed by atoms with Gasteiger partial charge in [0.15, 0.2) is 0 Å². The van der Waals surface area contributed by atoms with Crippen LogP contribution in [0, 0.1) is 0 Å². The zero-order valence-corrected chi connectivity index (χ0v) is 10.2. The Bertz CT molecular complexity index is 503. The molecule has 2 N–H and O–H groups in total. The van der Waals surface area contributed by atoms with Crippen LogP contribution in [0.2, 0.25) is 0 Å². The minimum atomic E-state index is -0.604. The summed E-state index contributed by atoms with van der Waals surface area (Å²) >= 11 is 0. The van der Waals surface area contributed by atoms with E-state index in [0.717, 1.165) is 11.3 Å². The second-order valence-electron chi connectivity index (χ2n) is 4.09. The highest BCUT2D eigenvalue weighted by atomic mass is 16.5. The number of ether oxygens (including phenoxy) is 1. The van der Waals surface area contributed by atoms with E-state index in [-0.39, 0.29) is 5.97 Å². The summed E-state index contributed by atoms with van der Waals surface area (Å²) in [4.78, 5) is 11.2. The van der Waals surface area contributed by atoms with E-state index in [9.17, 15) is 4.79 Å². The van der Waals surface area contributed by atoms with Crippen LogP contribution in [-0.4, -0.2) is 23.7 Å². The van der Waals surface area contributed by atoms with Gasteiger partial charge in [-0.05, 0) is 36.2 Å². The van der Waals surface area contributed by atoms with E-state index in [1.807, 2.05) is 53.4 Å². The summed E-state index contributed by atoms with van der Waals surface area (Å²) in [6.45, 7) is 0. The summed E-state index contributed by atoms with van der Waals surface area (Å²) in [6, 6.07) is 11.3. The third-order valence-corrected chi connectivity index (χ3v) is 2.80. The fraction of sp³-hybridized carbons (Fsp3) is 0.214. The van der Waals surface area contributed by atoms with Crippen LogP contribution in [0.3, 0.4) is 0 Å². The number of esters is 1. The van der Waals surface area contributed by atoms with Crippen molar-refractivity contribution in [1.29, 1.82) is 0 Å². The monoisotopic (exact) mass is 244 g/mol. The van der Waals surface area contributed by atoms with Crippen molar-refractivity contribution >= 4 is 5.97 Å². The number of hydrogen-bond acceptors (Lipinski definition) is 3. The van der Waals surface area contributed by atoms with Gasteiger partial charge in [0, 0.05) is 18.1 Å². The van der Waals surface area contributed by atoms with Gasteiger partial charge in [-0.2, -0.15) is 0 Å². The third-order valence-electron chi connectivity index (χ3n) is 2.80. The number of nitrogens with two attached hydrogens (primary N) is 1. The molecule has 1 heterocycles. The molecule has 0 spiro atoms. The normalized spacial score (nSPS) is 12.1. The molecule has 94 valence electrons. The number of carbonyl (C=O) groups is 1. The maximum atomic E-state index is 11.2. The Labute approximate surface area is 106 Å². The van der Waals surface area contributed by atoms with Gasteiger partial charge in [-0.3, -0.25) is 4.79 Å². The fourth-order valence-corrected chi connectivity index (χ4v) is 1.80. The molecule has 0 aliphatic carbocycles. The molecule has 1 unspecified atom stereocenters. The standard InChI is InChI=1S/C14H16N2O2/c1-18-14(17)13(15)10-11-4-6-12(7-5-11)16-8-2-3-9-16/h2-9,13H,10,15H2,1H3. The Balaban J connectivity index is 2.06. The molecule has 0 aliphatic rings. The van der Waals surface area contributed by atoms with Crippen LogP contribution in [-0.2, 0) is 16.0 Å². The highest BCUT2D eigenvalue weighted by Gasteiger charge is 2.13. The molecule has 2 aromatic rings. The molecule has 0 saturated carbocycles. The number of methoxy groups -OCH3 is 1. The van der Waals surface area contributed by atoms with Gasteiger partial charge in [-0.25, -0.2) is 0 Å². The molecule has 0 fully saturated rings. The van der Waals surface area contributed by atoms with E-state index >= 15 is 0 Å². The van der Waals surface area contributed by atoms with E-state index in [1.165, 1.54) is 7.11 Å². The molecular weight excluding hydrogens is 228 g/mol. The van der Waals surface area contributed by atoms with Gasteiger partial charge in [0.1, 0.15) is 6.04 Å².